The van der Waals surface area contributed by atoms with Gasteiger partial charge in [0.2, 0.25) is 0 Å². The van der Waals surface area contributed by atoms with Gasteiger partial charge in [0.15, 0.2) is 0 Å². The quantitative estimate of drug-likeness (QED) is 0.882. The van der Waals surface area contributed by atoms with Gasteiger partial charge in [0.05, 0.1) is 17.7 Å². The van der Waals surface area contributed by atoms with Crippen LogP contribution in [0.15, 0.2) is 34.9 Å². The van der Waals surface area contributed by atoms with Gasteiger partial charge in [0, 0.05) is 19.0 Å². The van der Waals surface area contributed by atoms with E-state index < -0.39 is 0 Å². The van der Waals surface area contributed by atoms with Crippen LogP contribution in [0, 0.1) is 0 Å². The molecule has 3 rings (SSSR count). The van der Waals surface area contributed by atoms with Gasteiger partial charge in [-0.05, 0) is 25.5 Å². The summed E-state index contributed by atoms with van der Waals surface area (Å²) >= 11 is 0. The fraction of sp³-hybridized carbons (Fsp3) is 0.438. The Morgan fingerprint density at radius 3 is 3.10 bits per heavy atom. The summed E-state index contributed by atoms with van der Waals surface area (Å²) in [6.45, 7) is 2.12. The van der Waals surface area contributed by atoms with Crippen LogP contribution in [0.4, 0.5) is 0 Å². The molecule has 112 valence electrons. The minimum absolute atomic E-state index is 0.107. The Labute approximate surface area is 123 Å². The fourth-order valence-electron chi connectivity index (χ4n) is 2.97. The van der Waals surface area contributed by atoms with Gasteiger partial charge in [0.1, 0.15) is 11.8 Å². The van der Waals surface area contributed by atoms with Crippen molar-refractivity contribution < 1.29 is 13.9 Å². The lowest BCUT2D eigenvalue weighted by molar-refractivity contribution is 0.0893. The second-order valence-corrected chi connectivity index (χ2v) is 5.57. The highest BCUT2D eigenvalue weighted by Crippen LogP contribution is 2.22. The van der Waals surface area contributed by atoms with E-state index in [1.807, 2.05) is 24.3 Å². The molecular weight excluding hydrogens is 268 g/mol. The minimum atomic E-state index is -0.149. The van der Waals surface area contributed by atoms with Crippen LogP contribution in [0.2, 0.25) is 0 Å². The third kappa shape index (κ3) is 2.80. The maximum absolute atomic E-state index is 12.4. The SMILES string of the molecule is COCC1(CNC(=O)c2coc3ccccc23)CCCN1. The molecular formula is C16H20N2O3. The highest BCUT2D eigenvalue weighted by Gasteiger charge is 2.34. The Bertz CT molecular complexity index is 629. The van der Waals surface area contributed by atoms with Gasteiger partial charge in [-0.1, -0.05) is 18.2 Å². The number of carbonyl (C=O) groups excluding carboxylic acids is 1. The molecule has 0 aliphatic carbocycles. The van der Waals surface area contributed by atoms with E-state index in [0.717, 1.165) is 30.4 Å². The fourth-order valence-corrected chi connectivity index (χ4v) is 2.97. The van der Waals surface area contributed by atoms with Crippen molar-refractivity contribution >= 4 is 16.9 Å². The van der Waals surface area contributed by atoms with E-state index in [2.05, 4.69) is 10.6 Å². The van der Waals surface area contributed by atoms with Crippen molar-refractivity contribution in [2.45, 2.75) is 18.4 Å². The first kappa shape index (κ1) is 14.1. The van der Waals surface area contributed by atoms with E-state index in [1.54, 1.807) is 7.11 Å². The van der Waals surface area contributed by atoms with Gasteiger partial charge in [-0.3, -0.25) is 4.79 Å². The molecule has 1 aliphatic rings. The van der Waals surface area contributed by atoms with Crippen LogP contribution in [0.25, 0.3) is 11.0 Å². The highest BCUT2D eigenvalue weighted by molar-refractivity contribution is 6.05. The monoisotopic (exact) mass is 288 g/mol. The predicted molar refractivity (Wildman–Crippen MR) is 80.4 cm³/mol. The molecule has 5 nitrogen and oxygen atoms in total. The largest absolute Gasteiger partial charge is 0.463 e. The Balaban J connectivity index is 1.71. The normalized spacial score (nSPS) is 21.8. The molecule has 1 unspecified atom stereocenters. The molecule has 1 aromatic carbocycles. The van der Waals surface area contributed by atoms with Gasteiger partial charge >= 0.3 is 0 Å². The summed E-state index contributed by atoms with van der Waals surface area (Å²) < 4.78 is 10.7. The zero-order chi connectivity index (χ0) is 14.7. The number of hydrogen-bond acceptors (Lipinski definition) is 4. The summed E-state index contributed by atoms with van der Waals surface area (Å²) in [6, 6.07) is 7.55. The molecule has 2 aromatic rings. The molecule has 1 amide bonds. The lowest BCUT2D eigenvalue weighted by atomic mass is 9.98. The van der Waals surface area contributed by atoms with Crippen molar-refractivity contribution in [1.29, 1.82) is 0 Å². The first-order valence-electron chi connectivity index (χ1n) is 7.22. The smallest absolute Gasteiger partial charge is 0.255 e. The van der Waals surface area contributed by atoms with Crippen molar-refractivity contribution in [3.63, 3.8) is 0 Å². The number of benzene rings is 1. The van der Waals surface area contributed by atoms with E-state index in [0.29, 0.717) is 18.7 Å². The van der Waals surface area contributed by atoms with Crippen molar-refractivity contribution in [2.75, 3.05) is 26.8 Å². The van der Waals surface area contributed by atoms with Crippen LogP contribution < -0.4 is 10.6 Å². The summed E-state index contributed by atoms with van der Waals surface area (Å²) in [4.78, 5) is 12.4. The van der Waals surface area contributed by atoms with Crippen LogP contribution in [0.3, 0.4) is 0 Å². The second kappa shape index (κ2) is 5.87. The van der Waals surface area contributed by atoms with Gasteiger partial charge in [0.25, 0.3) is 5.91 Å². The van der Waals surface area contributed by atoms with Crippen LogP contribution in [-0.2, 0) is 4.74 Å². The number of furan rings is 1. The van der Waals surface area contributed by atoms with E-state index >= 15 is 0 Å². The summed E-state index contributed by atoms with van der Waals surface area (Å²) in [5.41, 5.74) is 1.16. The first-order valence-corrected chi connectivity index (χ1v) is 7.22. The third-order valence-corrected chi connectivity index (χ3v) is 4.07. The first-order chi connectivity index (χ1) is 10.2. The lowest BCUT2D eigenvalue weighted by Crippen LogP contribution is -2.52. The summed E-state index contributed by atoms with van der Waals surface area (Å²) in [5, 5.41) is 7.29. The molecule has 1 aromatic heterocycles. The van der Waals surface area contributed by atoms with Gasteiger partial charge < -0.3 is 19.8 Å². The number of fused-ring (bicyclic) bond motifs is 1. The number of amides is 1. The van der Waals surface area contributed by atoms with Crippen LogP contribution in [0.1, 0.15) is 23.2 Å². The topological polar surface area (TPSA) is 63.5 Å². The Kier molecular flexibility index (Phi) is 3.94. The number of methoxy groups -OCH3 is 1. The predicted octanol–water partition coefficient (Wildman–Crippen LogP) is 1.93. The summed E-state index contributed by atoms with van der Waals surface area (Å²) in [6.07, 6.45) is 3.63. The molecule has 2 heterocycles. The molecule has 0 radical (unpaired) electrons. The molecule has 1 atom stereocenters. The zero-order valence-electron chi connectivity index (χ0n) is 12.1. The molecule has 0 bridgehead atoms. The number of nitrogens with one attached hydrogen (secondary N) is 2. The zero-order valence-corrected chi connectivity index (χ0v) is 12.1. The molecule has 1 saturated heterocycles. The summed E-state index contributed by atoms with van der Waals surface area (Å²) in [5.74, 6) is -0.107. The van der Waals surface area contributed by atoms with Crippen LogP contribution >= 0.6 is 0 Å². The number of ether oxygens (including phenoxy) is 1. The van der Waals surface area contributed by atoms with Crippen molar-refractivity contribution in [3.05, 3.63) is 36.1 Å². The molecule has 0 spiro atoms. The second-order valence-electron chi connectivity index (χ2n) is 5.57. The molecule has 2 N–H and O–H groups in total. The average Bonchev–Trinajstić information content (AvgIpc) is 3.12. The standard InChI is InChI=1S/C16H20N2O3/c1-20-11-16(7-4-8-18-16)10-17-15(19)13-9-21-14-6-3-2-5-12(13)14/h2-3,5-6,9,18H,4,7-8,10-11H2,1H3,(H,17,19). The van der Waals surface area contributed by atoms with Gasteiger partial charge in [-0.2, -0.15) is 0 Å². The van der Waals surface area contributed by atoms with Gasteiger partial charge in [-0.15, -0.1) is 0 Å². The van der Waals surface area contributed by atoms with Crippen LogP contribution in [0.5, 0.6) is 0 Å². The average molecular weight is 288 g/mol. The molecule has 1 fully saturated rings. The van der Waals surface area contributed by atoms with Crippen molar-refractivity contribution in [2.24, 2.45) is 0 Å². The molecule has 5 heteroatoms. The van der Waals surface area contributed by atoms with Crippen molar-refractivity contribution in [3.8, 4) is 0 Å². The molecule has 1 aliphatic heterocycles. The van der Waals surface area contributed by atoms with E-state index in [1.165, 1.54) is 6.26 Å². The Morgan fingerprint density at radius 1 is 1.48 bits per heavy atom. The number of carbonyl (C=O) groups is 1. The van der Waals surface area contributed by atoms with E-state index in [-0.39, 0.29) is 11.4 Å². The minimum Gasteiger partial charge on any atom is -0.463 e. The highest BCUT2D eigenvalue weighted by atomic mass is 16.5. The number of rotatable bonds is 5. The maximum Gasteiger partial charge on any atom is 0.255 e. The van der Waals surface area contributed by atoms with Crippen LogP contribution in [-0.4, -0.2) is 38.3 Å². The molecule has 0 saturated carbocycles. The maximum atomic E-state index is 12.4. The van der Waals surface area contributed by atoms with Crippen molar-refractivity contribution in [1.82, 2.24) is 10.6 Å². The van der Waals surface area contributed by atoms with E-state index in [4.69, 9.17) is 9.15 Å². The Hall–Kier alpha value is -1.85. The van der Waals surface area contributed by atoms with Gasteiger partial charge in [-0.25, -0.2) is 0 Å². The molecule has 21 heavy (non-hydrogen) atoms. The summed E-state index contributed by atoms with van der Waals surface area (Å²) in [7, 11) is 1.69. The third-order valence-electron chi connectivity index (χ3n) is 4.07. The van der Waals surface area contributed by atoms with E-state index in [9.17, 15) is 4.79 Å². The number of para-hydroxylation sites is 1. The lowest BCUT2D eigenvalue weighted by Gasteiger charge is -2.28. The number of hydrogen-bond donors (Lipinski definition) is 2. The Morgan fingerprint density at radius 2 is 2.33 bits per heavy atom.